The molecule has 0 aliphatic carbocycles. The van der Waals surface area contributed by atoms with Crippen molar-refractivity contribution in [3.05, 3.63) is 47.8 Å². The van der Waals surface area contributed by atoms with Crippen LogP contribution in [0, 0.1) is 0 Å². The minimum absolute atomic E-state index is 0.192. The van der Waals surface area contributed by atoms with Crippen molar-refractivity contribution in [1.82, 2.24) is 9.97 Å². The summed E-state index contributed by atoms with van der Waals surface area (Å²) in [5.74, 6) is 0.136. The third kappa shape index (κ3) is 2.37. The molecule has 3 aromatic rings. The van der Waals surface area contributed by atoms with Crippen LogP contribution < -0.4 is 4.90 Å². The van der Waals surface area contributed by atoms with E-state index in [1.54, 1.807) is 0 Å². The number of hydrogen-bond acceptors (Lipinski definition) is 5. The number of nitrogens with one attached hydrogen (secondary N) is 1. The molecule has 0 amide bonds. The van der Waals surface area contributed by atoms with Crippen molar-refractivity contribution in [2.75, 3.05) is 19.0 Å². The van der Waals surface area contributed by atoms with Gasteiger partial charge in [-0.3, -0.25) is 0 Å². The highest BCUT2D eigenvalue weighted by atomic mass is 32.1. The van der Waals surface area contributed by atoms with E-state index < -0.39 is 0 Å². The average Bonchev–Trinajstić information content (AvgIpc) is 2.89. The molecular formula is C16H15N3O2S. The molecule has 5 nitrogen and oxygen atoms in total. The van der Waals surface area contributed by atoms with Gasteiger partial charge < -0.3 is 20.1 Å². The van der Waals surface area contributed by atoms with Crippen LogP contribution in [0.5, 0.6) is 11.5 Å². The summed E-state index contributed by atoms with van der Waals surface area (Å²) < 4.78 is 0. The maximum atomic E-state index is 9.56. The van der Waals surface area contributed by atoms with Gasteiger partial charge in [0.2, 0.25) is 0 Å². The zero-order valence-electron chi connectivity index (χ0n) is 12.2. The number of fused-ring (bicyclic) bond motifs is 1. The van der Waals surface area contributed by atoms with Gasteiger partial charge in [0.05, 0.1) is 15.9 Å². The van der Waals surface area contributed by atoms with E-state index in [4.69, 9.17) is 12.2 Å². The van der Waals surface area contributed by atoms with E-state index in [1.807, 2.05) is 43.3 Å². The van der Waals surface area contributed by atoms with Gasteiger partial charge in [-0.1, -0.05) is 30.4 Å². The van der Waals surface area contributed by atoms with Gasteiger partial charge in [-0.25, -0.2) is 4.98 Å². The van der Waals surface area contributed by atoms with Gasteiger partial charge in [-0.05, 0) is 6.07 Å². The summed E-state index contributed by atoms with van der Waals surface area (Å²) in [6.07, 6.45) is 0. The van der Waals surface area contributed by atoms with Crippen molar-refractivity contribution in [2.45, 2.75) is 0 Å². The summed E-state index contributed by atoms with van der Waals surface area (Å²) >= 11 is 5.56. The van der Waals surface area contributed by atoms with E-state index in [1.165, 1.54) is 12.1 Å². The van der Waals surface area contributed by atoms with Crippen molar-refractivity contribution in [3.63, 3.8) is 0 Å². The van der Waals surface area contributed by atoms with E-state index in [9.17, 15) is 10.2 Å². The summed E-state index contributed by atoms with van der Waals surface area (Å²) in [5, 5.41) is 19.1. The molecule has 1 heterocycles. The Hall–Kier alpha value is -2.60. The molecule has 0 aliphatic heterocycles. The predicted octanol–water partition coefficient (Wildman–Crippen LogP) is 2.81. The van der Waals surface area contributed by atoms with Gasteiger partial charge in [-0.15, -0.1) is 0 Å². The molecule has 22 heavy (non-hydrogen) atoms. The van der Waals surface area contributed by atoms with Crippen molar-refractivity contribution in [1.29, 1.82) is 0 Å². The Kier molecular flexibility index (Phi) is 3.46. The number of hydrogen-bond donors (Lipinski definition) is 3. The molecule has 0 fully saturated rings. The fourth-order valence-electron chi connectivity index (χ4n) is 2.33. The SMILES string of the molecule is CN(C)c1ccccc1C(=S)c1nc2cc(O)c(O)cc2[nH]1. The van der Waals surface area contributed by atoms with Crippen LogP contribution in [0.2, 0.25) is 0 Å². The molecule has 0 saturated heterocycles. The summed E-state index contributed by atoms with van der Waals surface area (Å²) in [5.41, 5.74) is 3.07. The van der Waals surface area contributed by atoms with E-state index in [2.05, 4.69) is 9.97 Å². The number of phenolic OH excluding ortho intramolecular Hbond substituents is 2. The number of H-pyrrole nitrogens is 1. The molecule has 0 saturated carbocycles. The van der Waals surface area contributed by atoms with Crippen LogP contribution in [0.15, 0.2) is 36.4 Å². The monoisotopic (exact) mass is 313 g/mol. The number of nitrogens with zero attached hydrogens (tertiary/aromatic N) is 2. The van der Waals surface area contributed by atoms with Crippen molar-refractivity contribution >= 4 is 33.8 Å². The maximum Gasteiger partial charge on any atom is 0.159 e. The van der Waals surface area contributed by atoms with Gasteiger partial charge in [0.1, 0.15) is 5.82 Å². The standard InChI is InChI=1S/C16H15N3O2S/c1-19(2)12-6-4-3-5-9(12)15(22)16-17-10-7-13(20)14(21)8-11(10)18-16/h3-8,20-21H,1-2H3,(H,17,18). The van der Waals surface area contributed by atoms with E-state index >= 15 is 0 Å². The second kappa shape index (κ2) is 5.31. The minimum atomic E-state index is -0.204. The zero-order valence-corrected chi connectivity index (χ0v) is 13.0. The first-order valence-corrected chi connectivity index (χ1v) is 7.11. The molecule has 0 bridgehead atoms. The number of thiocarbonyl (C=S) groups is 1. The lowest BCUT2D eigenvalue weighted by atomic mass is 10.1. The number of benzene rings is 2. The summed E-state index contributed by atoms with van der Waals surface area (Å²) in [7, 11) is 3.91. The fraction of sp³-hybridized carbons (Fsp3) is 0.125. The first-order valence-electron chi connectivity index (χ1n) is 6.70. The largest absolute Gasteiger partial charge is 0.504 e. The Morgan fingerprint density at radius 2 is 1.82 bits per heavy atom. The number of rotatable bonds is 3. The summed E-state index contributed by atoms with van der Waals surface area (Å²) in [6, 6.07) is 10.7. The molecule has 3 N–H and O–H groups in total. The quantitative estimate of drug-likeness (QED) is 0.394. The topological polar surface area (TPSA) is 72.4 Å². The number of phenols is 2. The van der Waals surface area contributed by atoms with Gasteiger partial charge in [0.15, 0.2) is 11.5 Å². The Labute approximate surface area is 132 Å². The van der Waals surface area contributed by atoms with Crippen molar-refractivity contribution in [2.24, 2.45) is 0 Å². The lowest BCUT2D eigenvalue weighted by Gasteiger charge is -2.17. The molecule has 0 spiro atoms. The molecule has 0 aliphatic rings. The Morgan fingerprint density at radius 3 is 2.55 bits per heavy atom. The fourth-order valence-corrected chi connectivity index (χ4v) is 2.59. The molecule has 2 aromatic carbocycles. The van der Waals surface area contributed by atoms with Crippen LogP contribution in [0.1, 0.15) is 11.4 Å². The first-order chi connectivity index (χ1) is 10.5. The van der Waals surface area contributed by atoms with Gasteiger partial charge in [0.25, 0.3) is 0 Å². The third-order valence-corrected chi connectivity index (χ3v) is 3.84. The molecular weight excluding hydrogens is 298 g/mol. The van der Waals surface area contributed by atoms with E-state index in [0.717, 1.165) is 11.3 Å². The van der Waals surface area contributed by atoms with Gasteiger partial charge >= 0.3 is 0 Å². The number of anilines is 1. The lowest BCUT2D eigenvalue weighted by molar-refractivity contribution is 0.405. The molecule has 0 unspecified atom stereocenters. The smallest absolute Gasteiger partial charge is 0.159 e. The summed E-state index contributed by atoms with van der Waals surface area (Å²) in [6.45, 7) is 0. The molecule has 112 valence electrons. The van der Waals surface area contributed by atoms with Crippen LogP contribution in [0.25, 0.3) is 11.0 Å². The van der Waals surface area contributed by atoms with Crippen LogP contribution in [-0.2, 0) is 0 Å². The second-order valence-electron chi connectivity index (χ2n) is 5.18. The van der Waals surface area contributed by atoms with Crippen LogP contribution in [0.4, 0.5) is 5.69 Å². The number of aromatic amines is 1. The second-order valence-corrected chi connectivity index (χ2v) is 5.59. The van der Waals surface area contributed by atoms with Crippen LogP contribution >= 0.6 is 12.2 Å². The van der Waals surface area contributed by atoms with Crippen molar-refractivity contribution in [3.8, 4) is 11.5 Å². The van der Waals surface area contributed by atoms with Gasteiger partial charge in [0, 0.05) is 37.5 Å². The lowest BCUT2D eigenvalue weighted by Crippen LogP contribution is -2.14. The molecule has 1 aromatic heterocycles. The van der Waals surface area contributed by atoms with E-state index in [-0.39, 0.29) is 11.5 Å². The first kappa shape index (κ1) is 14.3. The zero-order chi connectivity index (χ0) is 15.9. The molecule has 6 heteroatoms. The molecule has 0 radical (unpaired) electrons. The van der Waals surface area contributed by atoms with Crippen LogP contribution in [-0.4, -0.2) is 39.1 Å². The highest BCUT2D eigenvalue weighted by molar-refractivity contribution is 7.81. The average molecular weight is 313 g/mol. The third-order valence-electron chi connectivity index (χ3n) is 3.42. The predicted molar refractivity (Wildman–Crippen MR) is 91.0 cm³/mol. The molecule has 3 rings (SSSR count). The molecule has 0 atom stereocenters. The minimum Gasteiger partial charge on any atom is -0.504 e. The Morgan fingerprint density at radius 1 is 1.14 bits per heavy atom. The maximum absolute atomic E-state index is 9.56. The highest BCUT2D eigenvalue weighted by Crippen LogP contribution is 2.30. The normalized spacial score (nSPS) is 10.8. The van der Waals surface area contributed by atoms with Crippen molar-refractivity contribution < 1.29 is 10.2 Å². The number of imidazole rings is 1. The number of para-hydroxylation sites is 1. The number of aromatic nitrogens is 2. The summed E-state index contributed by atoms with van der Waals surface area (Å²) in [4.78, 5) is 10.1. The van der Waals surface area contributed by atoms with Crippen LogP contribution in [0.3, 0.4) is 0 Å². The Balaban J connectivity index is 2.10. The number of aromatic hydroxyl groups is 2. The highest BCUT2D eigenvalue weighted by Gasteiger charge is 2.15. The Bertz CT molecular complexity index is 832. The van der Waals surface area contributed by atoms with Gasteiger partial charge in [-0.2, -0.15) is 0 Å². The van der Waals surface area contributed by atoms with E-state index in [0.29, 0.717) is 21.7 Å².